The summed E-state index contributed by atoms with van der Waals surface area (Å²) in [4.78, 5) is 24.4. The van der Waals surface area contributed by atoms with E-state index in [9.17, 15) is 4.79 Å². The Bertz CT molecular complexity index is 639. The molecule has 0 atom stereocenters. The average Bonchev–Trinajstić information content (AvgIpc) is 2.34. The lowest BCUT2D eigenvalue weighted by atomic mass is 10.1. The van der Waals surface area contributed by atoms with E-state index in [2.05, 4.69) is 25.6 Å². The predicted octanol–water partition coefficient (Wildman–Crippen LogP) is 1.58. The molecule has 2 aromatic heterocycles. The number of nitrogens with zero attached hydrogens (tertiary/aromatic N) is 3. The number of aryl methyl sites for hydroxylation is 2. The highest BCUT2D eigenvalue weighted by Crippen LogP contribution is 2.22. The minimum atomic E-state index is -0.0653. The molecule has 6 nitrogen and oxygen atoms in total. The van der Waals surface area contributed by atoms with Crippen LogP contribution in [0.25, 0.3) is 11.0 Å². The Morgan fingerprint density at radius 2 is 2.05 bits per heavy atom. The maximum Gasteiger partial charge on any atom is 0.239 e. The molecule has 1 amide bonds. The molecule has 0 unspecified atom stereocenters. The van der Waals surface area contributed by atoms with E-state index in [1.165, 1.54) is 6.33 Å². The van der Waals surface area contributed by atoms with Gasteiger partial charge in [0.2, 0.25) is 5.91 Å². The smallest absolute Gasteiger partial charge is 0.239 e. The summed E-state index contributed by atoms with van der Waals surface area (Å²) in [6, 6.07) is 2.10. The average molecular weight is 273 g/mol. The highest BCUT2D eigenvalue weighted by molar-refractivity contribution is 5.91. The molecule has 106 valence electrons. The maximum atomic E-state index is 11.7. The fourth-order valence-corrected chi connectivity index (χ4v) is 2.08. The van der Waals surface area contributed by atoms with Gasteiger partial charge < -0.3 is 10.6 Å². The number of carbonyl (C=O) groups is 1. The first kappa shape index (κ1) is 14.2. The number of hydrogen-bond donors (Lipinski definition) is 2. The number of aromatic nitrogens is 3. The molecule has 0 aliphatic rings. The van der Waals surface area contributed by atoms with Gasteiger partial charge in [0.15, 0.2) is 5.65 Å². The second kappa shape index (κ2) is 5.81. The van der Waals surface area contributed by atoms with Crippen molar-refractivity contribution in [1.29, 1.82) is 0 Å². The van der Waals surface area contributed by atoms with Crippen molar-refractivity contribution in [2.75, 3.05) is 11.9 Å². The Morgan fingerprint density at radius 3 is 2.75 bits per heavy atom. The molecule has 2 N–H and O–H groups in total. The molecule has 0 aromatic carbocycles. The van der Waals surface area contributed by atoms with Crippen molar-refractivity contribution in [1.82, 2.24) is 20.3 Å². The molecule has 20 heavy (non-hydrogen) atoms. The number of anilines is 1. The lowest BCUT2D eigenvalue weighted by Gasteiger charge is -2.12. The Labute approximate surface area is 118 Å². The van der Waals surface area contributed by atoms with Crippen LogP contribution in [-0.4, -0.2) is 33.4 Å². The predicted molar refractivity (Wildman–Crippen MR) is 78.6 cm³/mol. The quantitative estimate of drug-likeness (QED) is 0.884. The van der Waals surface area contributed by atoms with E-state index in [4.69, 9.17) is 0 Å². The Balaban J connectivity index is 2.24. The zero-order valence-electron chi connectivity index (χ0n) is 12.2. The molecule has 0 radical (unpaired) electrons. The van der Waals surface area contributed by atoms with Gasteiger partial charge >= 0.3 is 0 Å². The van der Waals surface area contributed by atoms with Gasteiger partial charge in [-0.3, -0.25) is 4.79 Å². The number of rotatable bonds is 4. The van der Waals surface area contributed by atoms with Gasteiger partial charge in [0.1, 0.15) is 12.1 Å². The molecule has 6 heteroatoms. The summed E-state index contributed by atoms with van der Waals surface area (Å²) in [6.45, 7) is 7.94. The SMILES string of the molecule is Cc1cc(C)c2c(NCC(=O)NC(C)C)ncnc2n1. The van der Waals surface area contributed by atoms with Gasteiger partial charge in [0.25, 0.3) is 0 Å². The summed E-state index contributed by atoms with van der Waals surface area (Å²) in [6.07, 6.45) is 1.46. The van der Waals surface area contributed by atoms with Crippen molar-refractivity contribution in [2.45, 2.75) is 33.7 Å². The molecule has 2 heterocycles. The lowest BCUT2D eigenvalue weighted by Crippen LogP contribution is -2.35. The molecular weight excluding hydrogens is 254 g/mol. The van der Waals surface area contributed by atoms with Crippen LogP contribution in [0.3, 0.4) is 0 Å². The van der Waals surface area contributed by atoms with Gasteiger partial charge in [-0.1, -0.05) is 0 Å². The first-order valence-electron chi connectivity index (χ1n) is 6.59. The Morgan fingerprint density at radius 1 is 1.30 bits per heavy atom. The van der Waals surface area contributed by atoms with Crippen molar-refractivity contribution in [2.24, 2.45) is 0 Å². The zero-order chi connectivity index (χ0) is 14.7. The highest BCUT2D eigenvalue weighted by Gasteiger charge is 2.10. The van der Waals surface area contributed by atoms with Crippen LogP contribution in [0, 0.1) is 13.8 Å². The zero-order valence-corrected chi connectivity index (χ0v) is 12.2. The third-order valence-electron chi connectivity index (χ3n) is 2.80. The molecule has 2 rings (SSSR count). The van der Waals surface area contributed by atoms with Crippen LogP contribution >= 0.6 is 0 Å². The van der Waals surface area contributed by atoms with Crippen LogP contribution in [0.4, 0.5) is 5.82 Å². The number of pyridine rings is 1. The monoisotopic (exact) mass is 273 g/mol. The van der Waals surface area contributed by atoms with Crippen molar-refractivity contribution < 1.29 is 4.79 Å². The van der Waals surface area contributed by atoms with Gasteiger partial charge in [-0.15, -0.1) is 0 Å². The van der Waals surface area contributed by atoms with E-state index < -0.39 is 0 Å². The van der Waals surface area contributed by atoms with E-state index in [0.29, 0.717) is 11.5 Å². The van der Waals surface area contributed by atoms with Crippen LogP contribution in [0.1, 0.15) is 25.1 Å². The van der Waals surface area contributed by atoms with Crippen LogP contribution in [0.15, 0.2) is 12.4 Å². The fraction of sp³-hybridized carbons (Fsp3) is 0.429. The van der Waals surface area contributed by atoms with Crippen LogP contribution < -0.4 is 10.6 Å². The van der Waals surface area contributed by atoms with Gasteiger partial charge in [0, 0.05) is 11.7 Å². The topological polar surface area (TPSA) is 79.8 Å². The molecule has 0 fully saturated rings. The van der Waals surface area contributed by atoms with Crippen molar-refractivity contribution >= 4 is 22.8 Å². The lowest BCUT2D eigenvalue weighted by molar-refractivity contribution is -0.119. The number of nitrogens with one attached hydrogen (secondary N) is 2. The largest absolute Gasteiger partial charge is 0.360 e. The van der Waals surface area contributed by atoms with Crippen LogP contribution in [0.5, 0.6) is 0 Å². The summed E-state index contributed by atoms with van der Waals surface area (Å²) in [5.41, 5.74) is 2.60. The number of hydrogen-bond acceptors (Lipinski definition) is 5. The summed E-state index contributed by atoms with van der Waals surface area (Å²) in [5, 5.41) is 6.73. The minimum absolute atomic E-state index is 0.0653. The van der Waals surface area contributed by atoms with Gasteiger partial charge in [-0.25, -0.2) is 15.0 Å². The third-order valence-corrected chi connectivity index (χ3v) is 2.80. The normalized spacial score (nSPS) is 10.8. The summed E-state index contributed by atoms with van der Waals surface area (Å²) in [5.74, 6) is 0.573. The van der Waals surface area contributed by atoms with Gasteiger partial charge in [-0.2, -0.15) is 0 Å². The second-order valence-corrected chi connectivity index (χ2v) is 5.08. The first-order valence-corrected chi connectivity index (χ1v) is 6.59. The maximum absolute atomic E-state index is 11.7. The van der Waals surface area contributed by atoms with E-state index in [1.54, 1.807) is 0 Å². The Hall–Kier alpha value is -2.24. The van der Waals surface area contributed by atoms with E-state index in [1.807, 2.05) is 33.8 Å². The molecule has 0 saturated heterocycles. The minimum Gasteiger partial charge on any atom is -0.360 e. The molecule has 0 aliphatic heterocycles. The van der Waals surface area contributed by atoms with Crippen LogP contribution in [0.2, 0.25) is 0 Å². The molecule has 0 spiro atoms. The third kappa shape index (κ3) is 3.20. The standard InChI is InChI=1S/C14H19N5O/c1-8(2)18-11(20)6-15-13-12-9(3)5-10(4)19-14(12)17-7-16-13/h5,7-8H,6H2,1-4H3,(H,18,20)(H,15,16,17,19). The fourth-order valence-electron chi connectivity index (χ4n) is 2.08. The van der Waals surface area contributed by atoms with Crippen LogP contribution in [-0.2, 0) is 4.79 Å². The number of carbonyl (C=O) groups excluding carboxylic acids is 1. The van der Waals surface area contributed by atoms with Crippen molar-refractivity contribution in [3.05, 3.63) is 23.7 Å². The van der Waals surface area contributed by atoms with Gasteiger partial charge in [-0.05, 0) is 39.3 Å². The van der Waals surface area contributed by atoms with Gasteiger partial charge in [0.05, 0.1) is 11.9 Å². The Kier molecular flexibility index (Phi) is 4.12. The summed E-state index contributed by atoms with van der Waals surface area (Å²) < 4.78 is 0. The van der Waals surface area contributed by atoms with E-state index in [0.717, 1.165) is 16.6 Å². The second-order valence-electron chi connectivity index (χ2n) is 5.08. The first-order chi connectivity index (χ1) is 9.47. The van der Waals surface area contributed by atoms with Crippen molar-refractivity contribution in [3.8, 4) is 0 Å². The number of amides is 1. The molecular formula is C14H19N5O. The summed E-state index contributed by atoms with van der Waals surface area (Å²) >= 11 is 0. The molecule has 0 saturated carbocycles. The molecule has 2 aromatic rings. The number of fused-ring (bicyclic) bond motifs is 1. The van der Waals surface area contributed by atoms with Crippen molar-refractivity contribution in [3.63, 3.8) is 0 Å². The molecule has 0 aliphatic carbocycles. The van der Waals surface area contributed by atoms with E-state index >= 15 is 0 Å². The van der Waals surface area contributed by atoms with E-state index in [-0.39, 0.29) is 18.5 Å². The molecule has 0 bridgehead atoms. The summed E-state index contributed by atoms with van der Waals surface area (Å²) in [7, 11) is 0. The highest BCUT2D eigenvalue weighted by atomic mass is 16.1.